The molecule has 1 aromatic heterocycles. The zero-order chi connectivity index (χ0) is 17.6. The maximum atomic E-state index is 11.9. The fourth-order valence-electron chi connectivity index (χ4n) is 2.27. The van der Waals surface area contributed by atoms with Crippen LogP contribution in [0.15, 0.2) is 59.4 Å². The van der Waals surface area contributed by atoms with E-state index in [2.05, 4.69) is 15.2 Å². The van der Waals surface area contributed by atoms with Crippen molar-refractivity contribution in [1.29, 1.82) is 0 Å². The summed E-state index contributed by atoms with van der Waals surface area (Å²) in [4.78, 5) is 25.3. The number of carbonyl (C=O) groups is 1. The Morgan fingerprint density at radius 1 is 1.04 bits per heavy atom. The number of amides is 1. The average Bonchev–Trinajstić information content (AvgIpc) is 2.63. The molecule has 0 radical (unpaired) electrons. The highest BCUT2D eigenvalue weighted by molar-refractivity contribution is 5.88. The van der Waals surface area contributed by atoms with E-state index in [0.717, 1.165) is 11.1 Å². The highest BCUT2D eigenvalue weighted by atomic mass is 16.5. The van der Waals surface area contributed by atoms with Gasteiger partial charge in [-0.1, -0.05) is 42.5 Å². The monoisotopic (exact) mass is 336 g/mol. The molecule has 3 N–H and O–H groups in total. The summed E-state index contributed by atoms with van der Waals surface area (Å²) in [6.45, 7) is 0.456. The number of rotatable bonds is 6. The van der Waals surface area contributed by atoms with E-state index in [0.29, 0.717) is 12.4 Å². The molecule has 0 aliphatic carbocycles. The average molecular weight is 336 g/mol. The number of aromatic amines is 1. The van der Waals surface area contributed by atoms with Crippen molar-refractivity contribution >= 4 is 5.91 Å². The lowest BCUT2D eigenvalue weighted by molar-refractivity contribution is 0.0988. The van der Waals surface area contributed by atoms with Gasteiger partial charge in [0.2, 0.25) is 5.82 Å². The van der Waals surface area contributed by atoms with Gasteiger partial charge in [-0.2, -0.15) is 0 Å². The molecule has 2 aromatic carbocycles. The number of ether oxygens (including phenoxy) is 1. The zero-order valence-corrected chi connectivity index (χ0v) is 13.3. The van der Waals surface area contributed by atoms with Gasteiger partial charge < -0.3 is 10.5 Å². The van der Waals surface area contributed by atoms with Gasteiger partial charge in [-0.15, -0.1) is 10.2 Å². The van der Waals surface area contributed by atoms with Crippen LogP contribution in [0.2, 0.25) is 0 Å². The number of nitrogens with two attached hydrogens (primary N) is 1. The first kappa shape index (κ1) is 16.4. The second-order valence-electron chi connectivity index (χ2n) is 5.41. The minimum Gasteiger partial charge on any atom is -0.489 e. The van der Waals surface area contributed by atoms with Crippen LogP contribution in [0.25, 0.3) is 0 Å². The summed E-state index contributed by atoms with van der Waals surface area (Å²) in [5.41, 5.74) is 6.68. The highest BCUT2D eigenvalue weighted by Crippen LogP contribution is 2.16. The molecule has 0 saturated carbocycles. The minimum atomic E-state index is -0.826. The molecule has 126 valence electrons. The number of H-pyrrole nitrogens is 1. The molecule has 3 rings (SSSR count). The molecular weight excluding hydrogens is 320 g/mol. The summed E-state index contributed by atoms with van der Waals surface area (Å²) in [5, 5.41) is 7.40. The van der Waals surface area contributed by atoms with Crippen molar-refractivity contribution in [3.63, 3.8) is 0 Å². The minimum absolute atomic E-state index is 0.199. The van der Waals surface area contributed by atoms with Crippen molar-refractivity contribution in [2.24, 2.45) is 5.73 Å². The molecule has 0 atom stereocenters. The first-order valence-electron chi connectivity index (χ1n) is 7.63. The van der Waals surface area contributed by atoms with Gasteiger partial charge >= 0.3 is 0 Å². The van der Waals surface area contributed by atoms with Crippen molar-refractivity contribution < 1.29 is 9.53 Å². The smallest absolute Gasteiger partial charge is 0.286 e. The quantitative estimate of drug-likeness (QED) is 0.707. The molecule has 25 heavy (non-hydrogen) atoms. The molecule has 0 aliphatic heterocycles. The fraction of sp³-hybridized carbons (Fsp3) is 0.111. The topological polar surface area (TPSA) is 111 Å². The van der Waals surface area contributed by atoms with Crippen molar-refractivity contribution in [1.82, 2.24) is 15.2 Å². The van der Waals surface area contributed by atoms with Crippen LogP contribution in [0, 0.1) is 0 Å². The van der Waals surface area contributed by atoms with Gasteiger partial charge in [0.1, 0.15) is 18.1 Å². The number of hydrogen-bond donors (Lipinski definition) is 2. The lowest BCUT2D eigenvalue weighted by atomic mass is 10.1. The molecule has 0 spiro atoms. The summed E-state index contributed by atoms with van der Waals surface area (Å²) < 4.78 is 5.77. The Bertz CT molecular complexity index is 938. The van der Waals surface area contributed by atoms with E-state index in [4.69, 9.17) is 10.5 Å². The molecule has 3 aromatic rings. The number of primary amides is 1. The summed E-state index contributed by atoms with van der Waals surface area (Å²) in [7, 11) is 0. The Kier molecular flexibility index (Phi) is 4.84. The normalized spacial score (nSPS) is 10.4. The predicted octanol–water partition coefficient (Wildman–Crippen LogP) is 1.43. The summed E-state index contributed by atoms with van der Waals surface area (Å²) in [6.07, 6.45) is 0.268. The van der Waals surface area contributed by atoms with E-state index in [1.807, 2.05) is 54.6 Å². The van der Waals surface area contributed by atoms with Gasteiger partial charge in [-0.25, -0.2) is 0 Å². The van der Waals surface area contributed by atoms with Crippen LogP contribution in [-0.4, -0.2) is 21.1 Å². The third-order valence-electron chi connectivity index (χ3n) is 3.52. The van der Waals surface area contributed by atoms with E-state index in [9.17, 15) is 9.59 Å². The first-order valence-corrected chi connectivity index (χ1v) is 7.63. The fourth-order valence-corrected chi connectivity index (χ4v) is 2.27. The number of nitrogens with zero attached hydrogens (tertiary/aromatic N) is 2. The Balaban J connectivity index is 1.71. The van der Waals surface area contributed by atoms with Gasteiger partial charge in [0.25, 0.3) is 11.5 Å². The number of carbonyl (C=O) groups excluding carboxylic acids is 1. The number of aromatic nitrogens is 3. The van der Waals surface area contributed by atoms with Gasteiger partial charge in [-0.05, 0) is 23.3 Å². The largest absolute Gasteiger partial charge is 0.489 e. The zero-order valence-electron chi connectivity index (χ0n) is 13.3. The molecule has 0 aliphatic rings. The second-order valence-corrected chi connectivity index (χ2v) is 5.41. The molecule has 7 heteroatoms. The molecule has 0 saturated heterocycles. The molecular formula is C18H16N4O3. The third-order valence-corrected chi connectivity index (χ3v) is 3.52. The summed E-state index contributed by atoms with van der Waals surface area (Å²) in [6, 6.07) is 17.2. The van der Waals surface area contributed by atoms with Crippen LogP contribution in [0.5, 0.6) is 5.75 Å². The predicted molar refractivity (Wildman–Crippen MR) is 91.2 cm³/mol. The van der Waals surface area contributed by atoms with Gasteiger partial charge in [0.05, 0.1) is 0 Å². The molecule has 0 bridgehead atoms. The van der Waals surface area contributed by atoms with Crippen molar-refractivity contribution in [2.75, 3.05) is 0 Å². The van der Waals surface area contributed by atoms with E-state index in [-0.39, 0.29) is 17.9 Å². The first-order chi connectivity index (χ1) is 12.1. The maximum Gasteiger partial charge on any atom is 0.286 e. The Morgan fingerprint density at radius 2 is 1.80 bits per heavy atom. The number of hydrogen-bond acceptors (Lipinski definition) is 5. The summed E-state index contributed by atoms with van der Waals surface area (Å²) in [5.74, 6) is -0.388. The molecule has 1 heterocycles. The Hall–Kier alpha value is -3.48. The third kappa shape index (κ3) is 4.29. The highest BCUT2D eigenvalue weighted by Gasteiger charge is 2.09. The van der Waals surface area contributed by atoms with Gasteiger partial charge in [0.15, 0.2) is 0 Å². The molecule has 0 unspecified atom stereocenters. The van der Waals surface area contributed by atoms with Crippen LogP contribution in [0.3, 0.4) is 0 Å². The molecule has 0 fully saturated rings. The molecule has 7 nitrogen and oxygen atoms in total. The van der Waals surface area contributed by atoms with Crippen molar-refractivity contribution in [3.8, 4) is 5.75 Å². The molecule has 1 amide bonds. The van der Waals surface area contributed by atoms with E-state index in [1.165, 1.54) is 0 Å². The SMILES string of the molecule is NC(=O)c1nnc(Cc2cccc(OCc3ccccc3)c2)c(=O)[nH]1. The van der Waals surface area contributed by atoms with E-state index < -0.39 is 11.5 Å². The van der Waals surface area contributed by atoms with Crippen LogP contribution in [0.4, 0.5) is 0 Å². The van der Waals surface area contributed by atoms with Crippen molar-refractivity contribution in [3.05, 3.63) is 87.6 Å². The number of benzene rings is 2. The lowest BCUT2D eigenvalue weighted by Gasteiger charge is -2.08. The van der Waals surface area contributed by atoms with Crippen LogP contribution < -0.4 is 16.0 Å². The maximum absolute atomic E-state index is 11.9. The number of nitrogens with one attached hydrogen (secondary N) is 1. The van der Waals surface area contributed by atoms with Crippen LogP contribution in [-0.2, 0) is 13.0 Å². The van der Waals surface area contributed by atoms with Crippen molar-refractivity contribution in [2.45, 2.75) is 13.0 Å². The van der Waals surface area contributed by atoms with Gasteiger partial charge in [0, 0.05) is 6.42 Å². The van der Waals surface area contributed by atoms with Crippen LogP contribution >= 0.6 is 0 Å². The Labute approximate surface area is 143 Å². The standard InChI is InChI=1S/C18H16N4O3/c19-16(23)17-20-18(24)15(21-22-17)10-13-7-4-8-14(9-13)25-11-12-5-2-1-3-6-12/h1-9H,10-11H2,(H2,19,23)(H,20,22,24). The van der Waals surface area contributed by atoms with E-state index >= 15 is 0 Å². The lowest BCUT2D eigenvalue weighted by Crippen LogP contribution is -2.25. The second kappa shape index (κ2) is 7.39. The van der Waals surface area contributed by atoms with Gasteiger partial charge in [-0.3, -0.25) is 14.6 Å². The Morgan fingerprint density at radius 3 is 2.52 bits per heavy atom. The summed E-state index contributed by atoms with van der Waals surface area (Å²) >= 11 is 0. The van der Waals surface area contributed by atoms with E-state index in [1.54, 1.807) is 0 Å². The van der Waals surface area contributed by atoms with Crippen LogP contribution in [0.1, 0.15) is 27.4 Å².